The third kappa shape index (κ3) is 2.40. The number of fused-ring (bicyclic) bond motifs is 3. The van der Waals surface area contributed by atoms with E-state index in [1.807, 2.05) is 6.92 Å². The molecule has 0 saturated heterocycles. The highest BCUT2D eigenvalue weighted by molar-refractivity contribution is 6.33. The summed E-state index contributed by atoms with van der Waals surface area (Å²) in [6.07, 6.45) is 5.81. The van der Waals surface area contributed by atoms with Gasteiger partial charge >= 0.3 is 0 Å². The van der Waals surface area contributed by atoms with Crippen molar-refractivity contribution in [2.45, 2.75) is 58.8 Å². The van der Waals surface area contributed by atoms with Crippen LogP contribution in [0.15, 0.2) is 11.6 Å². The lowest BCUT2D eigenvalue weighted by atomic mass is 9.67. The molecule has 124 valence electrons. The number of Topliss-reactive ketones (excluding diaryl/α,β-unsaturated/α-hetero) is 1. The zero-order valence-corrected chi connectivity index (χ0v) is 14.4. The van der Waals surface area contributed by atoms with Gasteiger partial charge in [0.2, 0.25) is 0 Å². The summed E-state index contributed by atoms with van der Waals surface area (Å²) in [5.41, 5.74) is 3.25. The van der Waals surface area contributed by atoms with Crippen molar-refractivity contribution >= 4 is 23.0 Å². The lowest BCUT2D eigenvalue weighted by Crippen LogP contribution is -2.28. The first-order valence-electron chi connectivity index (χ1n) is 8.42. The van der Waals surface area contributed by atoms with Crippen molar-refractivity contribution in [3.8, 4) is 5.75 Å². The number of allylic oxidation sites excluding steroid dienone is 2. The Morgan fingerprint density at radius 3 is 2.78 bits per heavy atom. The second-order valence-electron chi connectivity index (χ2n) is 6.74. The lowest BCUT2D eigenvalue weighted by molar-refractivity contribution is -0.116. The van der Waals surface area contributed by atoms with Crippen LogP contribution >= 0.6 is 11.6 Å². The minimum atomic E-state index is -0.707. The second-order valence-corrected chi connectivity index (χ2v) is 7.12. The van der Waals surface area contributed by atoms with Gasteiger partial charge in [0.25, 0.3) is 0 Å². The van der Waals surface area contributed by atoms with Gasteiger partial charge < -0.3 is 5.11 Å². The van der Waals surface area contributed by atoms with E-state index in [-0.39, 0.29) is 16.2 Å². The third-order valence-electron chi connectivity index (χ3n) is 5.44. The Balaban J connectivity index is 2.26. The highest BCUT2D eigenvalue weighted by atomic mass is 35.5. The van der Waals surface area contributed by atoms with Crippen LogP contribution in [0.1, 0.15) is 63.5 Å². The zero-order valence-electron chi connectivity index (χ0n) is 13.6. The highest BCUT2D eigenvalue weighted by Gasteiger charge is 2.47. The van der Waals surface area contributed by atoms with Crippen molar-refractivity contribution in [1.82, 2.24) is 0 Å². The summed E-state index contributed by atoms with van der Waals surface area (Å²) in [6, 6.07) is 1.37. The van der Waals surface area contributed by atoms with E-state index in [2.05, 4.69) is 6.92 Å². The topological polar surface area (TPSA) is 37.3 Å². The molecule has 0 fully saturated rings. The van der Waals surface area contributed by atoms with Gasteiger partial charge in [-0.2, -0.15) is 0 Å². The number of ketones is 1. The van der Waals surface area contributed by atoms with Gasteiger partial charge in [0.15, 0.2) is 17.3 Å². The van der Waals surface area contributed by atoms with Crippen LogP contribution in [0.3, 0.4) is 0 Å². The number of benzene rings is 1. The van der Waals surface area contributed by atoms with Gasteiger partial charge in [-0.25, -0.2) is 4.39 Å². The van der Waals surface area contributed by atoms with Crippen LogP contribution in [0.4, 0.5) is 4.39 Å². The molecule has 3 rings (SSSR count). The number of hydrogen-bond acceptors (Lipinski definition) is 2. The van der Waals surface area contributed by atoms with Crippen LogP contribution in [-0.4, -0.2) is 10.9 Å². The summed E-state index contributed by atoms with van der Waals surface area (Å²) in [5.74, 6) is -1.01. The van der Waals surface area contributed by atoms with E-state index in [4.69, 9.17) is 11.6 Å². The number of phenolic OH excluding ortho intramolecular Hbond substituents is 1. The highest BCUT2D eigenvalue weighted by Crippen LogP contribution is 2.59. The van der Waals surface area contributed by atoms with E-state index in [9.17, 15) is 14.3 Å². The van der Waals surface area contributed by atoms with Crippen LogP contribution in [0.25, 0.3) is 5.57 Å². The molecule has 2 aliphatic carbocycles. The Hall–Kier alpha value is -1.35. The molecule has 0 heterocycles. The first kappa shape index (κ1) is 16.5. The molecule has 1 aromatic rings. The molecular formula is C19H22ClFO2. The average Bonchev–Trinajstić information content (AvgIpc) is 2.86. The molecule has 0 spiro atoms. The molecule has 0 aromatic heterocycles. The van der Waals surface area contributed by atoms with Crippen molar-refractivity contribution in [2.24, 2.45) is 5.41 Å². The summed E-state index contributed by atoms with van der Waals surface area (Å²) in [7, 11) is 0. The van der Waals surface area contributed by atoms with Crippen molar-refractivity contribution in [1.29, 1.82) is 0 Å². The van der Waals surface area contributed by atoms with Gasteiger partial charge in [-0.1, -0.05) is 38.3 Å². The second kappa shape index (κ2) is 5.94. The molecule has 2 nitrogen and oxygen atoms in total. The fourth-order valence-corrected chi connectivity index (χ4v) is 4.58. The number of carbonyl (C=O) groups excluding carboxylic acids is 1. The van der Waals surface area contributed by atoms with E-state index in [0.29, 0.717) is 19.3 Å². The Kier molecular flexibility index (Phi) is 4.26. The van der Waals surface area contributed by atoms with Gasteiger partial charge in [0, 0.05) is 11.8 Å². The van der Waals surface area contributed by atoms with Crippen LogP contribution < -0.4 is 0 Å². The van der Waals surface area contributed by atoms with Crippen LogP contribution in [-0.2, 0) is 11.2 Å². The summed E-state index contributed by atoms with van der Waals surface area (Å²) in [4.78, 5) is 12.4. The fourth-order valence-electron chi connectivity index (χ4n) is 4.32. The summed E-state index contributed by atoms with van der Waals surface area (Å²) < 4.78 is 14.1. The molecule has 1 aromatic carbocycles. The van der Waals surface area contributed by atoms with Gasteiger partial charge in [0.1, 0.15) is 0 Å². The van der Waals surface area contributed by atoms with Crippen LogP contribution in [0.2, 0.25) is 5.02 Å². The third-order valence-corrected chi connectivity index (χ3v) is 5.85. The first-order valence-corrected chi connectivity index (χ1v) is 8.80. The predicted molar refractivity (Wildman–Crippen MR) is 90.2 cm³/mol. The van der Waals surface area contributed by atoms with E-state index in [0.717, 1.165) is 48.0 Å². The van der Waals surface area contributed by atoms with Gasteiger partial charge in [-0.15, -0.1) is 0 Å². The minimum Gasteiger partial charge on any atom is -0.504 e. The Morgan fingerprint density at radius 2 is 2.13 bits per heavy atom. The molecule has 2 aliphatic rings. The van der Waals surface area contributed by atoms with Crippen molar-refractivity contribution in [3.05, 3.63) is 33.6 Å². The molecule has 0 saturated carbocycles. The molecule has 1 N–H and O–H groups in total. The fraction of sp³-hybridized carbons (Fsp3) is 0.526. The molecule has 0 radical (unpaired) electrons. The maximum atomic E-state index is 14.1. The molecule has 0 bridgehead atoms. The molecule has 0 aliphatic heterocycles. The lowest BCUT2D eigenvalue weighted by Gasteiger charge is -2.36. The van der Waals surface area contributed by atoms with E-state index in [1.165, 1.54) is 6.07 Å². The standard InChI is InChI=1S/C19H22ClFO2/c1-3-5-7-19-8-6-15(22)11(4-2)16(19)12-9-14(21)18(23)17(20)13(12)10-19/h9,23H,3-8,10H2,1-2H3. The van der Waals surface area contributed by atoms with Crippen molar-refractivity contribution in [2.75, 3.05) is 0 Å². The van der Waals surface area contributed by atoms with Crippen molar-refractivity contribution in [3.63, 3.8) is 0 Å². The SMILES string of the molecule is CCCCC12CCC(=O)C(CC)=C1c1cc(F)c(O)c(Cl)c1C2. The maximum absolute atomic E-state index is 14.1. The van der Waals surface area contributed by atoms with Gasteiger partial charge in [0.05, 0.1) is 5.02 Å². The number of rotatable bonds is 4. The smallest absolute Gasteiger partial charge is 0.170 e. The number of carbonyl (C=O) groups is 1. The number of halogens is 2. The van der Waals surface area contributed by atoms with E-state index < -0.39 is 11.6 Å². The molecule has 0 amide bonds. The monoisotopic (exact) mass is 336 g/mol. The summed E-state index contributed by atoms with van der Waals surface area (Å²) >= 11 is 6.23. The number of unbranched alkanes of at least 4 members (excludes halogenated alkanes) is 1. The Morgan fingerprint density at radius 1 is 1.39 bits per heavy atom. The quantitative estimate of drug-likeness (QED) is 0.794. The predicted octanol–water partition coefficient (Wildman–Crippen LogP) is 5.44. The van der Waals surface area contributed by atoms with E-state index in [1.54, 1.807) is 0 Å². The number of aromatic hydroxyl groups is 1. The van der Waals surface area contributed by atoms with Crippen LogP contribution in [0, 0.1) is 11.2 Å². The summed E-state index contributed by atoms with van der Waals surface area (Å²) in [6.45, 7) is 4.13. The Bertz CT molecular complexity index is 708. The van der Waals surface area contributed by atoms with Crippen molar-refractivity contribution < 1.29 is 14.3 Å². The Labute approximate surface area is 141 Å². The molecule has 1 atom stereocenters. The minimum absolute atomic E-state index is 0.112. The average molecular weight is 337 g/mol. The maximum Gasteiger partial charge on any atom is 0.170 e. The zero-order chi connectivity index (χ0) is 16.8. The van der Waals surface area contributed by atoms with Gasteiger partial charge in [-0.05, 0) is 54.0 Å². The largest absolute Gasteiger partial charge is 0.504 e. The van der Waals surface area contributed by atoms with Crippen LogP contribution in [0.5, 0.6) is 5.75 Å². The number of hydrogen-bond donors (Lipinski definition) is 1. The molecule has 1 unspecified atom stereocenters. The first-order chi connectivity index (χ1) is 10.9. The van der Waals surface area contributed by atoms with Gasteiger partial charge in [-0.3, -0.25) is 4.79 Å². The number of phenols is 1. The molecule has 23 heavy (non-hydrogen) atoms. The normalized spacial score (nSPS) is 23.2. The van der Waals surface area contributed by atoms with E-state index >= 15 is 0 Å². The molecular weight excluding hydrogens is 315 g/mol. The summed E-state index contributed by atoms with van der Waals surface area (Å²) in [5, 5.41) is 9.96. The molecule has 4 heteroatoms.